The fraction of sp³-hybridized carbons (Fsp3) is 0.481. The first kappa shape index (κ1) is 18.0. The molecule has 4 aliphatic carbocycles. The summed E-state index contributed by atoms with van der Waals surface area (Å²) >= 11 is 0. The molecule has 2 fully saturated rings. The molecule has 0 bridgehead atoms. The van der Waals surface area contributed by atoms with Crippen LogP contribution in [-0.2, 0) is 0 Å². The van der Waals surface area contributed by atoms with Gasteiger partial charge in [-0.05, 0) is 52.8 Å². The molecule has 0 aromatic heterocycles. The van der Waals surface area contributed by atoms with Gasteiger partial charge in [0.25, 0.3) is 0 Å². The van der Waals surface area contributed by atoms with Gasteiger partial charge >= 0.3 is 0 Å². The molecule has 8 atom stereocenters. The lowest BCUT2D eigenvalue weighted by atomic mass is 9.83. The number of para-hydroxylation sites is 1. The van der Waals surface area contributed by atoms with Crippen molar-refractivity contribution < 1.29 is 0 Å². The van der Waals surface area contributed by atoms with Crippen LogP contribution in [-0.4, -0.2) is 21.2 Å². The molecule has 1 aromatic rings. The Balaban J connectivity index is 1.44. The Kier molecular flexibility index (Phi) is 3.94. The van der Waals surface area contributed by atoms with E-state index in [1.807, 2.05) is 0 Å². The van der Waals surface area contributed by atoms with E-state index in [1.54, 1.807) is 5.56 Å². The number of anilines is 1. The quantitative estimate of drug-likeness (QED) is 0.509. The molecule has 2 heteroatoms. The number of likely N-dealkylation sites (N-methyl/N-ethyl adjacent to an activating group) is 1. The molecule has 5 aliphatic rings. The van der Waals surface area contributed by atoms with Gasteiger partial charge in [-0.25, -0.2) is 0 Å². The molecule has 150 valence electrons. The Labute approximate surface area is 176 Å². The number of hydrogen-bond acceptors (Lipinski definition) is 1. The van der Waals surface area contributed by atoms with E-state index >= 15 is 0 Å². The molecule has 8 unspecified atom stereocenters. The molecular weight excluding hydrogens is 366 g/mol. The Morgan fingerprint density at radius 2 is 1.52 bits per heavy atom. The molecule has 0 amide bonds. The van der Waals surface area contributed by atoms with E-state index in [4.69, 9.17) is 0 Å². The van der Waals surface area contributed by atoms with E-state index in [-0.39, 0.29) is 0 Å². The van der Waals surface area contributed by atoms with Crippen LogP contribution in [0, 0.1) is 23.7 Å². The number of fused-ring (bicyclic) bond motifs is 6. The molecule has 1 aliphatic heterocycles. The first-order valence-corrected chi connectivity index (χ1v) is 14.8. The zero-order valence-corrected chi connectivity index (χ0v) is 18.9. The third-order valence-corrected chi connectivity index (χ3v) is 14.3. The van der Waals surface area contributed by atoms with Crippen LogP contribution in [0.5, 0.6) is 0 Å². The van der Waals surface area contributed by atoms with Gasteiger partial charge in [0, 0.05) is 24.7 Å². The highest BCUT2D eigenvalue weighted by Crippen LogP contribution is 2.66. The van der Waals surface area contributed by atoms with Gasteiger partial charge in [-0.15, -0.1) is 0 Å². The number of hydrogen-bond donors (Lipinski definition) is 0. The van der Waals surface area contributed by atoms with Crippen molar-refractivity contribution in [2.45, 2.75) is 49.0 Å². The zero-order valence-electron chi connectivity index (χ0n) is 17.9. The lowest BCUT2D eigenvalue weighted by molar-refractivity contribution is 0.499. The van der Waals surface area contributed by atoms with Gasteiger partial charge in [0.15, 0.2) is 0 Å². The van der Waals surface area contributed by atoms with Gasteiger partial charge in [-0.2, -0.15) is 0 Å². The van der Waals surface area contributed by atoms with Crippen LogP contribution in [0.25, 0.3) is 0 Å². The van der Waals surface area contributed by atoms with Gasteiger partial charge in [-0.3, -0.25) is 0 Å². The zero-order chi connectivity index (χ0) is 19.8. The van der Waals surface area contributed by atoms with Crippen molar-refractivity contribution in [1.29, 1.82) is 0 Å². The molecule has 0 spiro atoms. The molecule has 6 rings (SSSR count). The maximum absolute atomic E-state index is 2.75. The van der Waals surface area contributed by atoms with Crippen molar-refractivity contribution in [3.63, 3.8) is 0 Å². The summed E-state index contributed by atoms with van der Waals surface area (Å²) < 4.78 is 0. The normalized spacial score (nSPS) is 41.4. The summed E-state index contributed by atoms with van der Waals surface area (Å²) in [6.45, 7) is 5.50. The lowest BCUT2D eigenvalue weighted by Gasteiger charge is -2.46. The highest BCUT2D eigenvalue weighted by Gasteiger charge is 2.62. The first-order chi connectivity index (χ1) is 14.1. The largest absolute Gasteiger partial charge is 0.371 e. The van der Waals surface area contributed by atoms with E-state index in [0.717, 1.165) is 28.8 Å². The summed E-state index contributed by atoms with van der Waals surface area (Å²) in [6.07, 6.45) is 22.3. The monoisotopic (exact) mass is 399 g/mol. The molecule has 29 heavy (non-hydrogen) atoms. The van der Waals surface area contributed by atoms with Gasteiger partial charge in [0.05, 0.1) is 8.07 Å². The van der Waals surface area contributed by atoms with Crippen molar-refractivity contribution in [3.05, 3.63) is 78.4 Å². The van der Waals surface area contributed by atoms with Crippen LogP contribution < -0.4 is 4.90 Å². The summed E-state index contributed by atoms with van der Waals surface area (Å²) in [5.41, 5.74) is 4.82. The molecular formula is C27H33NSi. The minimum Gasteiger partial charge on any atom is -0.371 e. The first-order valence-electron chi connectivity index (χ1n) is 11.6. The van der Waals surface area contributed by atoms with E-state index in [2.05, 4.69) is 97.9 Å². The summed E-state index contributed by atoms with van der Waals surface area (Å²) in [5, 5.41) is 0. The fourth-order valence-electron chi connectivity index (χ4n) is 8.17. The molecule has 0 N–H and O–H groups in total. The van der Waals surface area contributed by atoms with Gasteiger partial charge in [0.2, 0.25) is 0 Å². The maximum Gasteiger partial charge on any atom is 0.0572 e. The van der Waals surface area contributed by atoms with Crippen LogP contribution in [0.3, 0.4) is 0 Å². The SMILES string of the molecule is CN1c2ccccc2C2C3C=CC=CC3C([Si](C)(C)C3CCC4C=CC=CC43)C21. The second-order valence-corrected chi connectivity index (χ2v) is 15.7. The van der Waals surface area contributed by atoms with E-state index in [0.29, 0.717) is 17.9 Å². The van der Waals surface area contributed by atoms with Crippen LogP contribution in [0.4, 0.5) is 5.69 Å². The number of nitrogens with zero attached hydrogens (tertiary/aromatic N) is 1. The Bertz CT molecular complexity index is 938. The molecule has 1 aromatic carbocycles. The highest BCUT2D eigenvalue weighted by molar-refractivity contribution is 6.80. The van der Waals surface area contributed by atoms with E-state index < -0.39 is 8.07 Å². The lowest BCUT2D eigenvalue weighted by Crippen LogP contribution is -2.49. The topological polar surface area (TPSA) is 3.24 Å². The minimum absolute atomic E-state index is 0.665. The van der Waals surface area contributed by atoms with Crippen LogP contribution in [0.1, 0.15) is 24.3 Å². The molecule has 1 heterocycles. The Hall–Kier alpha value is -1.80. The number of rotatable bonds is 2. The van der Waals surface area contributed by atoms with Gasteiger partial charge < -0.3 is 4.90 Å². The second-order valence-electron chi connectivity index (χ2n) is 10.7. The summed E-state index contributed by atoms with van der Waals surface area (Å²) in [6, 6.07) is 9.92. The predicted octanol–water partition coefficient (Wildman–Crippen LogP) is 6.56. The third kappa shape index (κ3) is 2.38. The van der Waals surface area contributed by atoms with Crippen molar-refractivity contribution in [1.82, 2.24) is 0 Å². The van der Waals surface area contributed by atoms with Crippen molar-refractivity contribution in [2.75, 3.05) is 11.9 Å². The molecule has 2 saturated carbocycles. The van der Waals surface area contributed by atoms with Gasteiger partial charge in [0.1, 0.15) is 0 Å². The molecule has 0 saturated heterocycles. The van der Waals surface area contributed by atoms with E-state index in [1.165, 1.54) is 18.5 Å². The van der Waals surface area contributed by atoms with Crippen molar-refractivity contribution in [3.8, 4) is 0 Å². The number of benzene rings is 1. The Morgan fingerprint density at radius 1 is 0.828 bits per heavy atom. The summed E-state index contributed by atoms with van der Waals surface area (Å²) in [5.74, 6) is 3.64. The summed E-state index contributed by atoms with van der Waals surface area (Å²) in [7, 11) is 0.849. The summed E-state index contributed by atoms with van der Waals surface area (Å²) in [4.78, 5) is 2.68. The van der Waals surface area contributed by atoms with Crippen LogP contribution in [0.15, 0.2) is 72.9 Å². The minimum atomic E-state index is -1.53. The molecule has 1 nitrogen and oxygen atoms in total. The standard InChI is InChI=1S/C27H33NSi/c1-28-23-15-9-8-14-22(23)25-20-12-6-7-13-21(20)27(26(25)28)29(2,3)24-17-16-18-10-4-5-11-19(18)24/h4-15,18-21,24-27H,16-17H2,1-3H3. The fourth-order valence-corrected chi connectivity index (χ4v) is 13.6. The van der Waals surface area contributed by atoms with Crippen LogP contribution in [0.2, 0.25) is 24.2 Å². The maximum atomic E-state index is 2.75. The second kappa shape index (κ2) is 6.35. The van der Waals surface area contributed by atoms with Crippen LogP contribution >= 0.6 is 0 Å². The third-order valence-electron chi connectivity index (χ3n) is 9.30. The van der Waals surface area contributed by atoms with Crippen molar-refractivity contribution in [2.24, 2.45) is 23.7 Å². The average Bonchev–Trinajstić information content (AvgIpc) is 3.40. The predicted molar refractivity (Wildman–Crippen MR) is 126 cm³/mol. The smallest absolute Gasteiger partial charge is 0.0572 e. The van der Waals surface area contributed by atoms with Gasteiger partial charge in [-0.1, -0.05) is 86.3 Å². The van der Waals surface area contributed by atoms with Crippen molar-refractivity contribution >= 4 is 13.8 Å². The Morgan fingerprint density at radius 3 is 2.34 bits per heavy atom. The average molecular weight is 400 g/mol. The van der Waals surface area contributed by atoms with E-state index in [9.17, 15) is 0 Å². The number of allylic oxidation sites excluding steroid dienone is 8. The highest BCUT2D eigenvalue weighted by atomic mass is 28.3. The molecule has 0 radical (unpaired) electrons.